The van der Waals surface area contributed by atoms with Crippen LogP contribution in [0.25, 0.3) is 5.57 Å². The number of aryl methyl sites for hydroxylation is 2. The van der Waals surface area contributed by atoms with Crippen LogP contribution in [0.5, 0.6) is 0 Å². The van der Waals surface area contributed by atoms with E-state index in [0.717, 1.165) is 28.8 Å². The molecule has 1 aromatic heterocycles. The third-order valence-electron chi connectivity index (χ3n) is 6.86. The number of hydrogen-bond donors (Lipinski definition) is 1. The molecule has 0 spiro atoms. The average molecular weight is 512 g/mol. The van der Waals surface area contributed by atoms with Gasteiger partial charge in [-0.1, -0.05) is 59.8 Å². The lowest BCUT2D eigenvalue weighted by molar-refractivity contribution is 0.0270. The van der Waals surface area contributed by atoms with Crippen LogP contribution in [0.2, 0.25) is 0 Å². The molecule has 38 heavy (non-hydrogen) atoms. The number of hydrogen-bond acceptors (Lipinski definition) is 5. The van der Waals surface area contributed by atoms with Crippen LogP contribution in [0.1, 0.15) is 73.0 Å². The van der Waals surface area contributed by atoms with Gasteiger partial charge in [0.15, 0.2) is 0 Å². The first-order valence-corrected chi connectivity index (χ1v) is 13.1. The maximum Gasteiger partial charge on any atom is 0.410 e. The average Bonchev–Trinajstić information content (AvgIpc) is 2.89. The molecule has 3 aromatic rings. The van der Waals surface area contributed by atoms with Gasteiger partial charge in [0.05, 0.1) is 5.71 Å². The number of ether oxygens (including phenoxy) is 1. The van der Waals surface area contributed by atoms with Gasteiger partial charge >= 0.3 is 6.09 Å². The van der Waals surface area contributed by atoms with Crippen molar-refractivity contribution in [2.75, 3.05) is 13.1 Å². The summed E-state index contributed by atoms with van der Waals surface area (Å²) in [6.07, 6.45) is 4.92. The molecule has 0 bridgehead atoms. The Hall–Kier alpha value is -3.93. The molecule has 1 unspecified atom stereocenters. The molecule has 0 saturated carbocycles. The molecule has 1 N–H and O–H groups in total. The molecule has 0 aliphatic carbocycles. The van der Waals surface area contributed by atoms with E-state index in [2.05, 4.69) is 65.6 Å². The summed E-state index contributed by atoms with van der Waals surface area (Å²) < 4.78 is 5.52. The standard InChI is InChI=1S/C32H37N3O3/c1-22-8-6-7-9-28(22)29(21-30(34-37)27-14-17-33-23(2)20-27)26-12-10-24(11-13-26)25-15-18-35(19-16-25)31(36)38-32(3,4)5/h6-15,17,20,29,37H,16,18-19,21H2,1-5H3. The number of rotatable bonds is 6. The van der Waals surface area contributed by atoms with Crippen molar-refractivity contribution in [2.45, 2.75) is 59.0 Å². The first-order chi connectivity index (χ1) is 18.1. The van der Waals surface area contributed by atoms with Crippen molar-refractivity contribution >= 4 is 17.4 Å². The van der Waals surface area contributed by atoms with E-state index < -0.39 is 5.60 Å². The number of carbonyl (C=O) groups excluding carboxylic acids is 1. The SMILES string of the molecule is Cc1cc(C(CC(c2ccc(C3=CCN(C(=O)OC(C)(C)C)CC3)cc2)c2ccccc2C)=NO)ccn1. The fourth-order valence-electron chi connectivity index (χ4n) is 4.87. The van der Waals surface area contributed by atoms with Gasteiger partial charge in [0.2, 0.25) is 0 Å². The summed E-state index contributed by atoms with van der Waals surface area (Å²) in [5, 5.41) is 13.6. The summed E-state index contributed by atoms with van der Waals surface area (Å²) in [6.45, 7) is 10.9. The lowest BCUT2D eigenvalue weighted by atomic mass is 9.83. The Morgan fingerprint density at radius 2 is 1.84 bits per heavy atom. The van der Waals surface area contributed by atoms with E-state index in [1.807, 2.05) is 45.9 Å². The van der Waals surface area contributed by atoms with Crippen molar-refractivity contribution < 1.29 is 14.7 Å². The van der Waals surface area contributed by atoms with E-state index in [1.165, 1.54) is 16.7 Å². The molecule has 2 aromatic carbocycles. The van der Waals surface area contributed by atoms with Gasteiger partial charge in [-0.2, -0.15) is 0 Å². The van der Waals surface area contributed by atoms with E-state index in [9.17, 15) is 10.0 Å². The minimum Gasteiger partial charge on any atom is -0.444 e. The summed E-state index contributed by atoms with van der Waals surface area (Å²) in [4.78, 5) is 18.4. The number of aromatic nitrogens is 1. The van der Waals surface area contributed by atoms with Gasteiger partial charge in [-0.25, -0.2) is 4.79 Å². The highest BCUT2D eigenvalue weighted by molar-refractivity contribution is 6.01. The Balaban J connectivity index is 1.57. The fourth-order valence-corrected chi connectivity index (χ4v) is 4.87. The molecule has 2 heterocycles. The van der Waals surface area contributed by atoms with Gasteiger partial charge in [0.25, 0.3) is 0 Å². The van der Waals surface area contributed by atoms with Crippen molar-refractivity contribution in [3.8, 4) is 0 Å². The summed E-state index contributed by atoms with van der Waals surface area (Å²) in [6, 6.07) is 20.8. The maximum atomic E-state index is 12.4. The van der Waals surface area contributed by atoms with Crippen molar-refractivity contribution in [1.82, 2.24) is 9.88 Å². The molecule has 4 rings (SSSR count). The Kier molecular flexibility index (Phi) is 8.30. The molecule has 1 amide bonds. The molecular weight excluding hydrogens is 474 g/mol. The second kappa shape index (κ2) is 11.6. The maximum absolute atomic E-state index is 12.4. The second-order valence-corrected chi connectivity index (χ2v) is 10.9. The third-order valence-corrected chi connectivity index (χ3v) is 6.86. The number of nitrogens with zero attached hydrogens (tertiary/aromatic N) is 3. The number of carbonyl (C=O) groups is 1. The lowest BCUT2D eigenvalue weighted by Gasteiger charge is -2.29. The van der Waals surface area contributed by atoms with E-state index in [4.69, 9.17) is 4.74 Å². The predicted octanol–water partition coefficient (Wildman–Crippen LogP) is 7.12. The van der Waals surface area contributed by atoms with Crippen LogP contribution >= 0.6 is 0 Å². The fraction of sp³-hybridized carbons (Fsp3) is 0.344. The first-order valence-electron chi connectivity index (χ1n) is 13.1. The molecule has 0 radical (unpaired) electrons. The van der Waals surface area contributed by atoms with Crippen LogP contribution in [-0.2, 0) is 4.74 Å². The monoisotopic (exact) mass is 511 g/mol. The van der Waals surface area contributed by atoms with Gasteiger partial charge in [-0.15, -0.1) is 0 Å². The minimum atomic E-state index is -0.499. The molecule has 1 atom stereocenters. The van der Waals surface area contributed by atoms with E-state index >= 15 is 0 Å². The molecule has 0 fully saturated rings. The van der Waals surface area contributed by atoms with Crippen LogP contribution in [0.15, 0.2) is 78.1 Å². The smallest absolute Gasteiger partial charge is 0.410 e. The lowest BCUT2D eigenvalue weighted by Crippen LogP contribution is -2.39. The van der Waals surface area contributed by atoms with Crippen LogP contribution in [0.3, 0.4) is 0 Å². The van der Waals surface area contributed by atoms with E-state index in [0.29, 0.717) is 25.2 Å². The van der Waals surface area contributed by atoms with Crippen molar-refractivity contribution in [3.05, 3.63) is 106 Å². The molecule has 1 aliphatic rings. The Morgan fingerprint density at radius 3 is 2.45 bits per heavy atom. The first kappa shape index (κ1) is 27.1. The van der Waals surface area contributed by atoms with Gasteiger partial charge in [-0.3, -0.25) is 4.98 Å². The number of amides is 1. The molecule has 6 heteroatoms. The van der Waals surface area contributed by atoms with Crippen molar-refractivity contribution in [3.63, 3.8) is 0 Å². The van der Waals surface area contributed by atoms with Crippen LogP contribution < -0.4 is 0 Å². The number of oxime groups is 1. The predicted molar refractivity (Wildman–Crippen MR) is 152 cm³/mol. The minimum absolute atomic E-state index is 0.0209. The second-order valence-electron chi connectivity index (χ2n) is 10.9. The normalized spacial score (nSPS) is 15.1. The Morgan fingerprint density at radius 1 is 1.11 bits per heavy atom. The number of benzene rings is 2. The molecule has 6 nitrogen and oxygen atoms in total. The zero-order valence-electron chi connectivity index (χ0n) is 22.9. The Bertz CT molecular complexity index is 1340. The van der Waals surface area contributed by atoms with Gasteiger partial charge in [-0.05, 0) is 81.0 Å². The summed E-state index contributed by atoms with van der Waals surface area (Å²) in [5.41, 5.74) is 7.83. The Labute approximate surface area is 225 Å². The van der Waals surface area contributed by atoms with E-state index in [-0.39, 0.29) is 12.0 Å². The third kappa shape index (κ3) is 6.68. The molecule has 0 saturated heterocycles. The molecule has 1 aliphatic heterocycles. The topological polar surface area (TPSA) is 75.0 Å². The van der Waals surface area contributed by atoms with Crippen molar-refractivity contribution in [2.24, 2.45) is 5.16 Å². The van der Waals surface area contributed by atoms with Gasteiger partial charge < -0.3 is 14.8 Å². The van der Waals surface area contributed by atoms with Crippen molar-refractivity contribution in [1.29, 1.82) is 0 Å². The van der Waals surface area contributed by atoms with Crippen LogP contribution in [0, 0.1) is 13.8 Å². The summed E-state index contributed by atoms with van der Waals surface area (Å²) in [7, 11) is 0. The quantitative estimate of drug-likeness (QED) is 0.217. The highest BCUT2D eigenvalue weighted by Gasteiger charge is 2.24. The highest BCUT2D eigenvalue weighted by Crippen LogP contribution is 2.33. The van der Waals surface area contributed by atoms with Crippen LogP contribution in [0.4, 0.5) is 4.79 Å². The van der Waals surface area contributed by atoms with E-state index in [1.54, 1.807) is 11.1 Å². The zero-order chi connectivity index (χ0) is 27.3. The molecule has 198 valence electrons. The van der Waals surface area contributed by atoms with Gasteiger partial charge in [0, 0.05) is 42.9 Å². The molecular formula is C32H37N3O3. The van der Waals surface area contributed by atoms with Crippen LogP contribution in [-0.4, -0.2) is 45.6 Å². The zero-order valence-corrected chi connectivity index (χ0v) is 22.9. The van der Waals surface area contributed by atoms with Gasteiger partial charge in [0.1, 0.15) is 5.60 Å². The largest absolute Gasteiger partial charge is 0.444 e. The summed E-state index contributed by atoms with van der Waals surface area (Å²) in [5.74, 6) is 0.0209. The summed E-state index contributed by atoms with van der Waals surface area (Å²) >= 11 is 0. The number of pyridine rings is 1. The highest BCUT2D eigenvalue weighted by atomic mass is 16.6.